The molecular weight excluding hydrogens is 650 g/mol. The first-order valence-electron chi connectivity index (χ1n) is 17.2. The van der Waals surface area contributed by atoms with E-state index in [-0.39, 0.29) is 54.1 Å². The molecule has 4 aromatic rings. The van der Waals surface area contributed by atoms with Crippen molar-refractivity contribution in [3.05, 3.63) is 89.2 Å². The summed E-state index contributed by atoms with van der Waals surface area (Å²) in [5, 5.41) is 28.7. The number of amidine groups is 1. The van der Waals surface area contributed by atoms with Crippen molar-refractivity contribution in [1.29, 1.82) is 10.8 Å². The van der Waals surface area contributed by atoms with Gasteiger partial charge in [0.2, 0.25) is 5.91 Å². The number of carboxylic acid groups (broad SMARTS) is 1. The van der Waals surface area contributed by atoms with Crippen LogP contribution in [0, 0.1) is 10.8 Å². The minimum Gasteiger partial charge on any atom is -0.490 e. The normalized spacial score (nSPS) is 15.3. The number of carbonyl (C=O) groups excluding carboxylic acids is 2. The summed E-state index contributed by atoms with van der Waals surface area (Å²) in [5.41, 5.74) is 13.3. The number of guanidine groups is 1. The van der Waals surface area contributed by atoms with Gasteiger partial charge >= 0.3 is 5.97 Å². The Balaban J connectivity index is 1.34. The summed E-state index contributed by atoms with van der Waals surface area (Å²) in [6.45, 7) is 1.09. The first-order valence-corrected chi connectivity index (χ1v) is 17.2. The maximum Gasteiger partial charge on any atom is 0.336 e. The van der Waals surface area contributed by atoms with Gasteiger partial charge in [-0.05, 0) is 67.4 Å². The first-order chi connectivity index (χ1) is 24.6. The van der Waals surface area contributed by atoms with Gasteiger partial charge in [0.1, 0.15) is 30.1 Å². The van der Waals surface area contributed by atoms with Gasteiger partial charge in [-0.25, -0.2) is 9.78 Å². The van der Waals surface area contributed by atoms with Crippen LogP contribution in [-0.2, 0) is 17.9 Å². The molecule has 1 saturated carbocycles. The number of nitrogens with one attached hydrogen (secondary N) is 3. The average molecular weight is 694 g/mol. The molecule has 2 aliphatic rings. The number of piperidine rings is 1. The van der Waals surface area contributed by atoms with E-state index in [1.165, 1.54) is 17.0 Å². The number of benzene rings is 3. The minimum absolute atomic E-state index is 0.000809. The summed E-state index contributed by atoms with van der Waals surface area (Å²) < 4.78 is 7.98. The van der Waals surface area contributed by atoms with Crippen LogP contribution >= 0.6 is 0 Å². The van der Waals surface area contributed by atoms with Gasteiger partial charge in [0.15, 0.2) is 5.96 Å². The second-order valence-electron chi connectivity index (χ2n) is 13.1. The van der Waals surface area contributed by atoms with Crippen LogP contribution in [0.4, 0.5) is 5.69 Å². The molecule has 2 heterocycles. The van der Waals surface area contributed by atoms with Crippen molar-refractivity contribution in [2.75, 3.05) is 18.0 Å². The maximum atomic E-state index is 14.4. The lowest BCUT2D eigenvalue weighted by atomic mass is 9.95. The standard InChI is InChI=1S/C37H43N9O5/c38-34(39)23-10-15-31-30(20-23)43-32(46(31)22-33(47)42-24-6-2-1-3-7-24)21-45(35(48)28-8-4-5-9-29(28)36(49)50)25-11-13-26(14-12-25)51-27-16-18-44(19-17-27)37(40)41/h4-5,8-15,20,24,27H,1-3,6-7,16-19,21-22H2,(H3,38,39)(H3,40,41)(H,42,47)(H,49,50). The Bertz CT molecular complexity index is 1940. The third-order valence-electron chi connectivity index (χ3n) is 9.58. The lowest BCUT2D eigenvalue weighted by Crippen LogP contribution is -2.44. The lowest BCUT2D eigenvalue weighted by Gasteiger charge is -2.32. The van der Waals surface area contributed by atoms with Gasteiger partial charge in [-0.1, -0.05) is 31.4 Å². The number of aromatic nitrogens is 2. The SMILES string of the molecule is N=C(N)c1ccc2c(c1)nc(CN(C(=O)c1ccccc1C(=O)O)c1ccc(OC3CCN(C(=N)N)CC3)cc1)n2CC(=O)NC1CCCCC1. The summed E-state index contributed by atoms with van der Waals surface area (Å²) in [5.74, 6) is -1.07. The van der Waals surface area contributed by atoms with E-state index in [1.807, 2.05) is 0 Å². The number of nitrogens with two attached hydrogens (primary N) is 2. The molecule has 0 atom stereocenters. The highest BCUT2D eigenvalue weighted by molar-refractivity contribution is 6.12. The van der Waals surface area contributed by atoms with Crippen LogP contribution in [0.15, 0.2) is 66.7 Å². The molecule has 14 nitrogen and oxygen atoms in total. The minimum atomic E-state index is -1.23. The van der Waals surface area contributed by atoms with Crippen molar-refractivity contribution >= 4 is 46.3 Å². The van der Waals surface area contributed by atoms with Gasteiger partial charge in [-0.2, -0.15) is 0 Å². The van der Waals surface area contributed by atoms with Crippen LogP contribution in [0.1, 0.15) is 77.0 Å². The Hall–Kier alpha value is -5.92. The number of anilines is 1. The van der Waals surface area contributed by atoms with Gasteiger partial charge in [-0.15, -0.1) is 0 Å². The fourth-order valence-corrected chi connectivity index (χ4v) is 6.84. The second-order valence-corrected chi connectivity index (χ2v) is 13.1. The topological polar surface area (TPSA) is 217 Å². The molecule has 8 N–H and O–H groups in total. The van der Waals surface area contributed by atoms with Crippen molar-refractivity contribution in [2.24, 2.45) is 11.5 Å². The molecule has 1 aromatic heterocycles. The summed E-state index contributed by atoms with van der Waals surface area (Å²) in [7, 11) is 0. The number of hydrogen-bond donors (Lipinski definition) is 6. The zero-order valence-corrected chi connectivity index (χ0v) is 28.3. The molecule has 3 aromatic carbocycles. The quantitative estimate of drug-likeness (QED) is 0.0985. The largest absolute Gasteiger partial charge is 0.490 e. The van der Waals surface area contributed by atoms with E-state index in [1.54, 1.807) is 64.1 Å². The van der Waals surface area contributed by atoms with E-state index >= 15 is 0 Å². The molecule has 51 heavy (non-hydrogen) atoms. The molecule has 6 rings (SSSR count). The van der Waals surface area contributed by atoms with E-state index < -0.39 is 11.9 Å². The van der Waals surface area contributed by atoms with Gasteiger partial charge in [0.05, 0.1) is 28.7 Å². The number of imidazole rings is 1. The van der Waals surface area contributed by atoms with Crippen molar-refractivity contribution in [3.8, 4) is 5.75 Å². The number of rotatable bonds is 11. The molecule has 2 amide bonds. The first kappa shape index (κ1) is 34.9. The predicted octanol–water partition coefficient (Wildman–Crippen LogP) is 4.05. The van der Waals surface area contributed by atoms with Crippen LogP contribution in [0.5, 0.6) is 5.75 Å². The molecular formula is C37H43N9O5. The number of ether oxygens (including phenoxy) is 1. The number of carboxylic acids is 1. The van der Waals surface area contributed by atoms with Gasteiger partial charge in [0.25, 0.3) is 5.91 Å². The molecule has 1 aliphatic carbocycles. The zero-order valence-electron chi connectivity index (χ0n) is 28.3. The van der Waals surface area contributed by atoms with E-state index in [4.69, 9.17) is 32.0 Å². The van der Waals surface area contributed by atoms with Crippen molar-refractivity contribution in [3.63, 3.8) is 0 Å². The molecule has 266 valence electrons. The Labute approximate surface area is 295 Å². The third kappa shape index (κ3) is 8.11. The number of likely N-dealkylation sites (tertiary alicyclic amines) is 1. The van der Waals surface area contributed by atoms with E-state index in [0.717, 1.165) is 32.1 Å². The molecule has 0 radical (unpaired) electrons. The molecule has 0 spiro atoms. The van der Waals surface area contributed by atoms with Crippen LogP contribution < -0.4 is 26.4 Å². The number of hydrogen-bond acceptors (Lipinski definition) is 7. The molecule has 14 heteroatoms. The Morgan fingerprint density at radius 1 is 0.922 bits per heavy atom. The summed E-state index contributed by atoms with van der Waals surface area (Å²) in [4.78, 5) is 48.1. The highest BCUT2D eigenvalue weighted by Crippen LogP contribution is 2.28. The molecule has 2 fully saturated rings. The van der Waals surface area contributed by atoms with Crippen molar-refractivity contribution in [2.45, 2.75) is 70.2 Å². The predicted molar refractivity (Wildman–Crippen MR) is 193 cm³/mol. The Kier molecular flexibility index (Phi) is 10.5. The fourth-order valence-electron chi connectivity index (χ4n) is 6.84. The number of aromatic carboxylic acids is 1. The number of carbonyl (C=O) groups is 3. The van der Waals surface area contributed by atoms with Gasteiger partial charge < -0.3 is 41.0 Å². The number of fused-ring (bicyclic) bond motifs is 1. The summed E-state index contributed by atoms with van der Waals surface area (Å²) in [6.07, 6.45) is 6.48. The maximum absolute atomic E-state index is 14.4. The van der Waals surface area contributed by atoms with Gasteiger partial charge in [-0.3, -0.25) is 20.4 Å². The fraction of sp³-hybridized carbons (Fsp3) is 0.351. The Morgan fingerprint density at radius 3 is 2.25 bits per heavy atom. The van der Waals surface area contributed by atoms with Crippen molar-refractivity contribution < 1.29 is 24.2 Å². The zero-order chi connectivity index (χ0) is 36.1. The number of nitrogens with zero attached hydrogens (tertiary/aromatic N) is 4. The number of amides is 2. The van der Waals surface area contributed by atoms with Crippen LogP contribution in [0.3, 0.4) is 0 Å². The second kappa shape index (κ2) is 15.3. The Morgan fingerprint density at radius 2 is 1.61 bits per heavy atom. The van der Waals surface area contributed by atoms with Gasteiger partial charge in [0, 0.05) is 43.2 Å². The van der Waals surface area contributed by atoms with E-state index in [9.17, 15) is 19.5 Å². The highest BCUT2D eigenvalue weighted by atomic mass is 16.5. The summed E-state index contributed by atoms with van der Waals surface area (Å²) >= 11 is 0. The molecule has 0 bridgehead atoms. The molecule has 1 aliphatic heterocycles. The molecule has 1 saturated heterocycles. The van der Waals surface area contributed by atoms with E-state index in [2.05, 4.69) is 5.32 Å². The smallest absolute Gasteiger partial charge is 0.336 e. The lowest BCUT2D eigenvalue weighted by molar-refractivity contribution is -0.122. The van der Waals surface area contributed by atoms with Crippen LogP contribution in [0.2, 0.25) is 0 Å². The molecule has 0 unspecified atom stereocenters. The monoisotopic (exact) mass is 693 g/mol. The number of nitrogen functional groups attached to an aromatic ring is 1. The van der Waals surface area contributed by atoms with E-state index in [0.29, 0.717) is 59.8 Å². The summed E-state index contributed by atoms with van der Waals surface area (Å²) in [6, 6.07) is 18.3. The highest BCUT2D eigenvalue weighted by Gasteiger charge is 2.27. The van der Waals surface area contributed by atoms with Crippen molar-refractivity contribution in [1.82, 2.24) is 19.8 Å². The van der Waals surface area contributed by atoms with Crippen LogP contribution in [0.25, 0.3) is 11.0 Å². The van der Waals surface area contributed by atoms with Crippen LogP contribution in [-0.4, -0.2) is 74.4 Å². The third-order valence-corrected chi connectivity index (χ3v) is 9.58. The average Bonchev–Trinajstić information content (AvgIpc) is 3.46.